The molecule has 68 valence electrons. The second-order valence-corrected chi connectivity index (χ2v) is 3.66. The topological polar surface area (TPSA) is 12.2 Å². The van der Waals surface area contributed by atoms with Crippen molar-refractivity contribution in [2.24, 2.45) is 0 Å². The summed E-state index contributed by atoms with van der Waals surface area (Å²) in [7, 11) is 0. The predicted octanol–water partition coefficient (Wildman–Crippen LogP) is 2.50. The van der Waals surface area contributed by atoms with Crippen LogP contribution < -0.4 is 4.74 Å². The van der Waals surface area contributed by atoms with Crippen LogP contribution in [-0.2, 0) is 0 Å². The first-order valence-electron chi connectivity index (χ1n) is 4.54. The van der Waals surface area contributed by atoms with E-state index in [0.717, 1.165) is 11.4 Å². The Kier molecular flexibility index (Phi) is 1.83. The molecule has 0 N–H and O–H groups in total. The van der Waals surface area contributed by atoms with Crippen molar-refractivity contribution in [2.45, 2.75) is 19.8 Å². The van der Waals surface area contributed by atoms with Gasteiger partial charge in [-0.3, -0.25) is 0 Å². The Morgan fingerprint density at radius 2 is 2.23 bits per heavy atom. The van der Waals surface area contributed by atoms with Gasteiger partial charge in [0.15, 0.2) is 0 Å². The fraction of sp³-hybridized carbons (Fsp3) is 0.364. The van der Waals surface area contributed by atoms with Gasteiger partial charge in [-0.05, 0) is 5.92 Å². The first-order chi connectivity index (χ1) is 6.20. The van der Waals surface area contributed by atoms with Crippen molar-refractivity contribution in [1.29, 1.82) is 0 Å². The molecule has 0 spiro atoms. The van der Waals surface area contributed by atoms with Crippen LogP contribution in [0.15, 0.2) is 18.2 Å². The number of rotatable bonds is 1. The van der Waals surface area contributed by atoms with Gasteiger partial charge in [-0.1, -0.05) is 26.0 Å². The van der Waals surface area contributed by atoms with Gasteiger partial charge in [0.25, 0.3) is 12.4 Å². The van der Waals surface area contributed by atoms with E-state index in [-0.39, 0.29) is 0 Å². The molecule has 1 aromatic carbocycles. The smallest absolute Gasteiger partial charge is 0.292 e. The summed E-state index contributed by atoms with van der Waals surface area (Å²) in [6.07, 6.45) is 0. The van der Waals surface area contributed by atoms with E-state index in [2.05, 4.69) is 32.7 Å². The minimum Gasteiger partial charge on any atom is -0.429 e. The average Bonchev–Trinajstić information content (AvgIpc) is 2.48. The number of para-hydroxylation sites is 1. The van der Waals surface area contributed by atoms with Crippen molar-refractivity contribution in [3.05, 3.63) is 23.8 Å². The zero-order valence-electron chi connectivity index (χ0n) is 8.08. The largest absolute Gasteiger partial charge is 0.429 e. The normalized spacial score (nSPS) is 14.5. The summed E-state index contributed by atoms with van der Waals surface area (Å²) in [5, 5.41) is 0. The number of hydrogen-bond acceptors (Lipinski definition) is 1. The van der Waals surface area contributed by atoms with E-state index in [9.17, 15) is 0 Å². The van der Waals surface area contributed by atoms with Gasteiger partial charge in [-0.2, -0.15) is 4.58 Å². The van der Waals surface area contributed by atoms with Gasteiger partial charge in [0, 0.05) is 11.6 Å². The highest BCUT2D eigenvalue weighted by molar-refractivity contribution is 5.55. The van der Waals surface area contributed by atoms with E-state index < -0.39 is 0 Å². The van der Waals surface area contributed by atoms with Crippen molar-refractivity contribution >= 4 is 12.4 Å². The van der Waals surface area contributed by atoms with Crippen molar-refractivity contribution in [3.63, 3.8) is 0 Å². The highest BCUT2D eigenvalue weighted by Crippen LogP contribution is 2.38. The van der Waals surface area contributed by atoms with Gasteiger partial charge < -0.3 is 4.74 Å². The third kappa shape index (κ3) is 1.22. The molecule has 13 heavy (non-hydrogen) atoms. The lowest BCUT2D eigenvalue weighted by molar-refractivity contribution is -0.449. The fourth-order valence-electron chi connectivity index (χ4n) is 1.62. The maximum Gasteiger partial charge on any atom is 0.292 e. The number of hydrogen-bond donors (Lipinski definition) is 0. The van der Waals surface area contributed by atoms with E-state index in [4.69, 9.17) is 4.74 Å². The van der Waals surface area contributed by atoms with Crippen molar-refractivity contribution < 1.29 is 9.31 Å². The van der Waals surface area contributed by atoms with Crippen LogP contribution in [0.1, 0.15) is 25.3 Å². The summed E-state index contributed by atoms with van der Waals surface area (Å²) in [6.45, 7) is 8.80. The summed E-state index contributed by atoms with van der Waals surface area (Å²) in [5.41, 5.74) is 2.37. The molecule has 0 fully saturated rings. The SMILES string of the molecule is C=[N+]1COc2c(C(C)C)cccc21. The molecule has 0 aromatic heterocycles. The molecule has 1 aliphatic heterocycles. The van der Waals surface area contributed by atoms with Gasteiger partial charge in [0.05, 0.1) is 0 Å². The molecule has 0 unspecified atom stereocenters. The maximum absolute atomic E-state index is 5.57. The van der Waals surface area contributed by atoms with Gasteiger partial charge in [-0.15, -0.1) is 0 Å². The standard InChI is InChI=1S/C11H14NO/c1-8(2)9-5-4-6-10-11(9)13-7-12(10)3/h4-6,8H,3,7H2,1-2H3/q+1. The Balaban J connectivity index is 2.57. The Bertz CT molecular complexity index is 355. The molecule has 1 aromatic rings. The van der Waals surface area contributed by atoms with Crippen LogP contribution in [0.5, 0.6) is 5.75 Å². The average molecular weight is 176 g/mol. The lowest BCUT2D eigenvalue weighted by atomic mass is 10.0. The van der Waals surface area contributed by atoms with Crippen LogP contribution in [0.4, 0.5) is 5.69 Å². The fourth-order valence-corrected chi connectivity index (χ4v) is 1.62. The quantitative estimate of drug-likeness (QED) is 0.599. The van der Waals surface area contributed by atoms with Crippen LogP contribution in [0.25, 0.3) is 0 Å². The first kappa shape index (κ1) is 8.30. The molecule has 0 amide bonds. The van der Waals surface area contributed by atoms with Gasteiger partial charge in [0.2, 0.25) is 5.75 Å². The summed E-state index contributed by atoms with van der Waals surface area (Å²) in [6, 6.07) is 6.21. The number of ether oxygens (including phenoxy) is 1. The molecule has 1 aliphatic rings. The third-order valence-corrected chi connectivity index (χ3v) is 2.35. The number of benzene rings is 1. The Morgan fingerprint density at radius 1 is 1.46 bits per heavy atom. The zero-order valence-corrected chi connectivity index (χ0v) is 8.08. The monoisotopic (exact) mass is 176 g/mol. The van der Waals surface area contributed by atoms with Crippen LogP contribution in [-0.4, -0.2) is 18.0 Å². The van der Waals surface area contributed by atoms with E-state index in [1.54, 1.807) is 0 Å². The van der Waals surface area contributed by atoms with Crippen LogP contribution in [0.3, 0.4) is 0 Å². The molecule has 0 radical (unpaired) electrons. The molecule has 2 nitrogen and oxygen atoms in total. The van der Waals surface area contributed by atoms with Gasteiger partial charge in [-0.25, -0.2) is 0 Å². The van der Waals surface area contributed by atoms with Crippen LogP contribution in [0.2, 0.25) is 0 Å². The van der Waals surface area contributed by atoms with Gasteiger partial charge >= 0.3 is 0 Å². The van der Waals surface area contributed by atoms with Crippen LogP contribution >= 0.6 is 0 Å². The zero-order chi connectivity index (χ0) is 9.42. The van der Waals surface area contributed by atoms with E-state index in [1.807, 2.05) is 10.6 Å². The number of fused-ring (bicyclic) bond motifs is 1. The molecule has 0 aliphatic carbocycles. The Hall–Kier alpha value is -1.31. The summed E-state index contributed by atoms with van der Waals surface area (Å²) >= 11 is 0. The van der Waals surface area contributed by atoms with E-state index in [0.29, 0.717) is 12.6 Å². The molecular weight excluding hydrogens is 162 g/mol. The van der Waals surface area contributed by atoms with Gasteiger partial charge in [0.1, 0.15) is 6.72 Å². The first-order valence-corrected chi connectivity index (χ1v) is 4.54. The molecule has 1 heterocycles. The molecule has 2 heteroatoms. The highest BCUT2D eigenvalue weighted by Gasteiger charge is 2.26. The molecule has 2 rings (SSSR count). The van der Waals surface area contributed by atoms with Crippen molar-refractivity contribution in [3.8, 4) is 5.75 Å². The minimum absolute atomic E-state index is 0.501. The van der Waals surface area contributed by atoms with E-state index in [1.165, 1.54) is 5.56 Å². The minimum atomic E-state index is 0.501. The molecule has 0 saturated heterocycles. The third-order valence-electron chi connectivity index (χ3n) is 2.35. The maximum atomic E-state index is 5.57. The lowest BCUT2D eigenvalue weighted by Gasteiger charge is -2.06. The van der Waals surface area contributed by atoms with Crippen molar-refractivity contribution in [2.75, 3.05) is 6.73 Å². The molecule has 0 saturated carbocycles. The molecule has 0 atom stereocenters. The van der Waals surface area contributed by atoms with E-state index >= 15 is 0 Å². The van der Waals surface area contributed by atoms with Crippen LogP contribution in [0, 0.1) is 0 Å². The molecule has 0 bridgehead atoms. The summed E-state index contributed by atoms with van der Waals surface area (Å²) in [5.74, 6) is 1.51. The summed E-state index contributed by atoms with van der Waals surface area (Å²) < 4.78 is 7.44. The Morgan fingerprint density at radius 3 is 2.92 bits per heavy atom. The summed E-state index contributed by atoms with van der Waals surface area (Å²) in [4.78, 5) is 0. The Labute approximate surface area is 78.5 Å². The molecular formula is C11H14NO+. The highest BCUT2D eigenvalue weighted by atomic mass is 16.5. The second kappa shape index (κ2) is 2.87. The van der Waals surface area contributed by atoms with Crippen molar-refractivity contribution in [1.82, 2.24) is 0 Å². The number of nitrogens with zero attached hydrogens (tertiary/aromatic N) is 1. The lowest BCUT2D eigenvalue weighted by Crippen LogP contribution is -2.00. The predicted molar refractivity (Wildman–Crippen MR) is 53.1 cm³/mol. The second-order valence-electron chi connectivity index (χ2n) is 3.66.